The SMILES string of the molecule is C.C.C.C.C.C.C.C.C.C.CC.CC.O=C1c2ccccc2-c2oc(=O)c3ccccc3c21. The Bertz CT molecular complexity index is 906. The van der Waals surface area contributed by atoms with Gasteiger partial charge in [0.2, 0.25) is 0 Å². The highest BCUT2D eigenvalue weighted by Crippen LogP contribution is 2.38. The van der Waals surface area contributed by atoms with Crippen molar-refractivity contribution in [3.8, 4) is 11.3 Å². The van der Waals surface area contributed by atoms with E-state index in [1.165, 1.54) is 0 Å². The van der Waals surface area contributed by atoms with E-state index >= 15 is 0 Å². The molecule has 0 saturated heterocycles. The molecule has 0 N–H and O–H groups in total. The molecule has 4 rings (SSSR count). The number of benzene rings is 2. The first-order chi connectivity index (χ1) is 11.3. The lowest BCUT2D eigenvalue weighted by molar-refractivity contribution is 0.104. The smallest absolute Gasteiger partial charge is 0.344 e. The molecule has 0 unspecified atom stereocenters. The van der Waals surface area contributed by atoms with Crippen molar-refractivity contribution in [3.63, 3.8) is 0 Å². The van der Waals surface area contributed by atoms with E-state index in [9.17, 15) is 9.59 Å². The number of hydrogen-bond donors (Lipinski definition) is 0. The highest BCUT2D eigenvalue weighted by Gasteiger charge is 2.31. The van der Waals surface area contributed by atoms with Gasteiger partial charge < -0.3 is 4.42 Å². The third-order valence-electron chi connectivity index (χ3n) is 3.48. The predicted molar refractivity (Wildman–Crippen MR) is 161 cm³/mol. The summed E-state index contributed by atoms with van der Waals surface area (Å²) in [5.74, 6) is 0.315. The van der Waals surface area contributed by atoms with E-state index in [1.54, 1.807) is 30.3 Å². The molecule has 0 saturated carbocycles. The van der Waals surface area contributed by atoms with Crippen LogP contribution in [0.5, 0.6) is 0 Å². The monoisotopic (exact) mass is 468 g/mol. The van der Waals surface area contributed by atoms with Crippen molar-refractivity contribution >= 4 is 16.6 Å². The third-order valence-corrected chi connectivity index (χ3v) is 3.48. The molecule has 33 heavy (non-hydrogen) atoms. The Balaban J connectivity index is -0.0000000561. The van der Waals surface area contributed by atoms with Gasteiger partial charge in [0.1, 0.15) is 0 Å². The van der Waals surface area contributed by atoms with E-state index in [0.29, 0.717) is 33.2 Å². The zero-order chi connectivity index (χ0) is 17.0. The van der Waals surface area contributed by atoms with Crippen LogP contribution in [-0.4, -0.2) is 5.78 Å². The largest absolute Gasteiger partial charge is 0.421 e. The Kier molecular flexibility index (Phi) is 44.4. The average Bonchev–Trinajstić information content (AvgIpc) is 2.92. The van der Waals surface area contributed by atoms with Gasteiger partial charge in [-0.25, -0.2) is 4.79 Å². The summed E-state index contributed by atoms with van der Waals surface area (Å²) in [6, 6.07) is 14.2. The van der Waals surface area contributed by atoms with Gasteiger partial charge in [-0.3, -0.25) is 4.79 Å². The molecule has 1 heterocycles. The minimum atomic E-state index is -0.404. The first kappa shape index (κ1) is 57.3. The summed E-state index contributed by atoms with van der Waals surface area (Å²) in [4.78, 5) is 24.4. The first-order valence-corrected chi connectivity index (χ1v) is 7.97. The van der Waals surface area contributed by atoms with Crippen molar-refractivity contribution in [2.45, 2.75) is 102 Å². The summed E-state index contributed by atoms with van der Waals surface area (Å²) in [6.07, 6.45) is 0. The normalized spacial score (nSPS) is 7.58. The second kappa shape index (κ2) is 25.6. The third kappa shape index (κ3) is 9.77. The highest BCUT2D eigenvalue weighted by molar-refractivity contribution is 6.26. The summed E-state index contributed by atoms with van der Waals surface area (Å²) in [6.45, 7) is 8.00. The predicted octanol–water partition coefficient (Wildman–Crippen LogP) is 11.4. The van der Waals surface area contributed by atoms with Crippen molar-refractivity contribution in [3.05, 3.63) is 70.1 Å². The standard InChI is InChI=1S/C16H8O3.2C2H6.10CH4/c17-14-10-6-2-3-7-11(10)15-13(14)9-5-1-4-8-12(9)16(18)19-15;2*1-2;;;;;;;;;;/h1-8H;2*1-2H3;10*1H4. The Labute approximate surface area is 209 Å². The fraction of sp³-hybridized carbons (Fsp3) is 0.467. The highest BCUT2D eigenvalue weighted by atomic mass is 16.4. The molecule has 1 aliphatic carbocycles. The molecule has 3 nitrogen and oxygen atoms in total. The molecule has 0 amide bonds. The maximum atomic E-state index is 12.5. The summed E-state index contributed by atoms with van der Waals surface area (Å²) in [5, 5.41) is 1.11. The zero-order valence-corrected chi connectivity index (χ0v) is 13.8. The van der Waals surface area contributed by atoms with Gasteiger partial charge in [0.05, 0.1) is 10.9 Å². The topological polar surface area (TPSA) is 47.3 Å². The fourth-order valence-corrected chi connectivity index (χ4v) is 2.63. The molecule has 1 aliphatic rings. The van der Waals surface area contributed by atoms with Crippen LogP contribution in [0.4, 0.5) is 0 Å². The van der Waals surface area contributed by atoms with E-state index in [2.05, 4.69) is 0 Å². The number of rotatable bonds is 0. The molecule has 3 aromatic rings. The van der Waals surface area contributed by atoms with E-state index in [-0.39, 0.29) is 80.0 Å². The van der Waals surface area contributed by atoms with Gasteiger partial charge in [0.25, 0.3) is 0 Å². The first-order valence-electron chi connectivity index (χ1n) is 7.97. The molecule has 198 valence electrons. The summed E-state index contributed by atoms with van der Waals surface area (Å²) < 4.78 is 5.35. The number of ketones is 1. The van der Waals surface area contributed by atoms with Crippen molar-refractivity contribution in [1.82, 2.24) is 0 Å². The van der Waals surface area contributed by atoms with Crippen molar-refractivity contribution < 1.29 is 9.21 Å². The summed E-state index contributed by atoms with van der Waals surface area (Å²) >= 11 is 0. The Morgan fingerprint density at radius 2 is 0.879 bits per heavy atom. The van der Waals surface area contributed by atoms with Crippen LogP contribution in [0.2, 0.25) is 0 Å². The van der Waals surface area contributed by atoms with E-state index in [0.717, 1.165) is 0 Å². The molecule has 0 atom stereocenters. The van der Waals surface area contributed by atoms with Crippen LogP contribution in [0, 0.1) is 0 Å². The lowest BCUT2D eigenvalue weighted by Gasteiger charge is -2.02. The molecule has 0 aliphatic heterocycles. The van der Waals surface area contributed by atoms with Gasteiger partial charge in [-0.15, -0.1) is 0 Å². The molecular formula is C30H60O3. The van der Waals surface area contributed by atoms with E-state index < -0.39 is 5.63 Å². The van der Waals surface area contributed by atoms with Crippen LogP contribution in [0.25, 0.3) is 22.1 Å². The quantitative estimate of drug-likeness (QED) is 0.258. The number of fused-ring (bicyclic) bond motifs is 5. The number of carbonyl (C=O) groups excluding carboxylic acids is 1. The van der Waals surface area contributed by atoms with E-state index in [4.69, 9.17) is 4.42 Å². The Morgan fingerprint density at radius 1 is 0.515 bits per heavy atom. The molecular weight excluding hydrogens is 408 g/mol. The van der Waals surface area contributed by atoms with Gasteiger partial charge in [0.15, 0.2) is 11.5 Å². The van der Waals surface area contributed by atoms with E-state index in [1.807, 2.05) is 45.9 Å². The van der Waals surface area contributed by atoms with Crippen LogP contribution >= 0.6 is 0 Å². The molecule has 1 aromatic heterocycles. The van der Waals surface area contributed by atoms with Gasteiger partial charge in [-0.05, 0) is 6.07 Å². The van der Waals surface area contributed by atoms with Gasteiger partial charge in [0, 0.05) is 16.5 Å². The van der Waals surface area contributed by atoms with Crippen LogP contribution in [0.15, 0.2) is 57.7 Å². The minimum Gasteiger partial charge on any atom is -0.421 e. The maximum absolute atomic E-state index is 12.5. The number of hydrogen-bond acceptors (Lipinski definition) is 3. The fourth-order valence-electron chi connectivity index (χ4n) is 2.63. The Hall–Kier alpha value is -2.68. The van der Waals surface area contributed by atoms with Gasteiger partial charge >= 0.3 is 5.63 Å². The van der Waals surface area contributed by atoms with Crippen molar-refractivity contribution in [1.29, 1.82) is 0 Å². The zero-order valence-electron chi connectivity index (χ0n) is 13.8. The maximum Gasteiger partial charge on any atom is 0.344 e. The lowest BCUT2D eigenvalue weighted by Crippen LogP contribution is -2.04. The molecule has 0 spiro atoms. The van der Waals surface area contributed by atoms with Crippen molar-refractivity contribution in [2.24, 2.45) is 0 Å². The second-order valence-electron chi connectivity index (χ2n) is 4.51. The molecule has 0 fully saturated rings. The Morgan fingerprint density at radius 3 is 1.33 bits per heavy atom. The van der Waals surface area contributed by atoms with Crippen LogP contribution < -0.4 is 5.63 Å². The van der Waals surface area contributed by atoms with Crippen LogP contribution in [0.3, 0.4) is 0 Å². The minimum absolute atomic E-state index is 0. The molecule has 0 bridgehead atoms. The molecule has 2 aromatic carbocycles. The summed E-state index contributed by atoms with van der Waals surface area (Å²) in [7, 11) is 0. The second-order valence-corrected chi connectivity index (χ2v) is 4.51. The lowest BCUT2D eigenvalue weighted by atomic mass is 10.0. The molecule has 0 radical (unpaired) electrons. The van der Waals surface area contributed by atoms with Crippen LogP contribution in [-0.2, 0) is 0 Å². The molecule has 3 heteroatoms. The summed E-state index contributed by atoms with van der Waals surface area (Å²) in [5.41, 5.74) is 1.39. The van der Waals surface area contributed by atoms with Crippen molar-refractivity contribution in [2.75, 3.05) is 0 Å². The van der Waals surface area contributed by atoms with Gasteiger partial charge in [-0.1, -0.05) is 144 Å². The van der Waals surface area contributed by atoms with Crippen LogP contribution in [0.1, 0.15) is 118 Å². The van der Waals surface area contributed by atoms with Gasteiger partial charge in [-0.2, -0.15) is 0 Å². The number of carbonyl (C=O) groups is 1. The average molecular weight is 469 g/mol.